The van der Waals surface area contributed by atoms with Crippen molar-refractivity contribution in [1.29, 1.82) is 0 Å². The molecule has 0 radical (unpaired) electrons. The summed E-state index contributed by atoms with van der Waals surface area (Å²) < 4.78 is 12.2. The van der Waals surface area contributed by atoms with E-state index in [1.54, 1.807) is 30.3 Å². The number of amides is 2. The molecule has 0 aliphatic heterocycles. The van der Waals surface area contributed by atoms with Crippen molar-refractivity contribution in [2.24, 2.45) is 5.73 Å². The van der Waals surface area contributed by atoms with Crippen molar-refractivity contribution in [3.8, 4) is 16.7 Å². The van der Waals surface area contributed by atoms with E-state index in [9.17, 15) is 9.59 Å². The number of nitrogens with zero attached hydrogens (tertiary/aromatic N) is 2. The molecule has 0 bridgehead atoms. The van der Waals surface area contributed by atoms with Gasteiger partial charge in [0.25, 0.3) is 5.19 Å². The number of benzene rings is 2. The van der Waals surface area contributed by atoms with E-state index in [0.717, 1.165) is 10.2 Å². The summed E-state index contributed by atoms with van der Waals surface area (Å²) in [4.78, 5) is 31.9. The van der Waals surface area contributed by atoms with Crippen molar-refractivity contribution in [3.05, 3.63) is 47.5 Å². The number of carbonyl (C=O) groups excluding carboxylic acids is 2. The minimum Gasteiger partial charge on any atom is -0.479 e. The van der Waals surface area contributed by atoms with Crippen molar-refractivity contribution in [3.63, 3.8) is 0 Å². The number of halogens is 1. The van der Waals surface area contributed by atoms with Gasteiger partial charge in [-0.15, -0.1) is 0 Å². The molecular weight excluding hydrogens is 406 g/mol. The molecule has 0 spiro atoms. The van der Waals surface area contributed by atoms with Crippen molar-refractivity contribution >= 4 is 45.2 Å². The minimum absolute atomic E-state index is 0.426. The fourth-order valence-corrected chi connectivity index (χ4v) is 3.23. The number of fused-ring (bicyclic) bond motifs is 1. The molecule has 1 heterocycles. The average Bonchev–Trinajstić information content (AvgIpc) is 3.04. The van der Waals surface area contributed by atoms with Gasteiger partial charge in [-0.2, -0.15) is 5.06 Å². The van der Waals surface area contributed by atoms with E-state index in [1.165, 1.54) is 25.3 Å². The molecule has 8 nitrogen and oxygen atoms in total. The predicted octanol–water partition coefficient (Wildman–Crippen LogP) is 3.98. The summed E-state index contributed by atoms with van der Waals surface area (Å²) in [5.74, 6) is 0.227. The Morgan fingerprint density at radius 1 is 1.18 bits per heavy atom. The first kappa shape index (κ1) is 19.7. The third-order valence-corrected chi connectivity index (χ3v) is 4.67. The summed E-state index contributed by atoms with van der Waals surface area (Å²) in [5, 5.41) is 1.75. The van der Waals surface area contributed by atoms with Crippen LogP contribution in [0.15, 0.2) is 42.5 Å². The number of nitrogens with two attached hydrogens (primary N) is 1. The minimum atomic E-state index is -0.942. The van der Waals surface area contributed by atoms with Gasteiger partial charge in [0, 0.05) is 5.02 Å². The lowest BCUT2D eigenvalue weighted by molar-refractivity contribution is -0.179. The van der Waals surface area contributed by atoms with E-state index in [1.807, 2.05) is 12.1 Å². The number of thiazole rings is 1. The summed E-state index contributed by atoms with van der Waals surface area (Å²) in [7, 11) is 1.23. The summed E-state index contributed by atoms with van der Waals surface area (Å²) in [6, 6.07) is 11.2. The lowest BCUT2D eigenvalue weighted by Gasteiger charge is -2.17. The van der Waals surface area contributed by atoms with Crippen LogP contribution in [-0.2, 0) is 9.63 Å². The Morgan fingerprint density at radius 2 is 1.86 bits per heavy atom. The van der Waals surface area contributed by atoms with Crippen LogP contribution in [-0.4, -0.2) is 35.2 Å². The molecule has 3 aromatic rings. The van der Waals surface area contributed by atoms with Gasteiger partial charge < -0.3 is 20.0 Å². The summed E-state index contributed by atoms with van der Waals surface area (Å²) >= 11 is 7.36. The molecule has 0 saturated carbocycles. The largest absolute Gasteiger partial charge is 0.479 e. The first-order chi connectivity index (χ1) is 13.3. The van der Waals surface area contributed by atoms with E-state index in [0.29, 0.717) is 26.8 Å². The molecule has 2 aromatic carbocycles. The highest BCUT2D eigenvalue weighted by Gasteiger charge is 2.20. The average molecular weight is 422 g/mol. The Balaban J connectivity index is 1.61. The highest BCUT2D eigenvalue weighted by Crippen LogP contribution is 2.33. The monoisotopic (exact) mass is 421 g/mol. The molecule has 2 amide bonds. The second-order valence-electron chi connectivity index (χ2n) is 5.67. The van der Waals surface area contributed by atoms with E-state index in [-0.39, 0.29) is 0 Å². The highest BCUT2D eigenvalue weighted by atomic mass is 35.5. The van der Waals surface area contributed by atoms with Gasteiger partial charge in [0.2, 0.25) is 0 Å². The molecule has 0 aliphatic rings. The second kappa shape index (κ2) is 8.32. The number of ether oxygens (including phenoxy) is 2. The van der Waals surface area contributed by atoms with Gasteiger partial charge >= 0.3 is 12.0 Å². The number of hydroxylamine groups is 2. The SMILES string of the molecule is CC(Oc1ccc(Oc2nc3ccc(Cl)cc3s2)cc1)C(=O)ON(C)C(N)=O. The molecule has 1 aromatic heterocycles. The number of urea groups is 1. The maximum absolute atomic E-state index is 11.8. The van der Waals surface area contributed by atoms with Crippen LogP contribution in [0.4, 0.5) is 4.79 Å². The number of aromatic nitrogens is 1. The van der Waals surface area contributed by atoms with Gasteiger partial charge in [-0.25, -0.2) is 14.6 Å². The van der Waals surface area contributed by atoms with Gasteiger partial charge in [0.05, 0.1) is 17.3 Å². The Bertz CT molecular complexity index is 1010. The third kappa shape index (κ3) is 4.81. The Morgan fingerprint density at radius 3 is 2.54 bits per heavy atom. The van der Waals surface area contributed by atoms with Crippen molar-refractivity contribution in [1.82, 2.24) is 10.0 Å². The van der Waals surface area contributed by atoms with Gasteiger partial charge in [0.1, 0.15) is 11.5 Å². The van der Waals surface area contributed by atoms with Crippen molar-refractivity contribution in [2.75, 3.05) is 7.05 Å². The number of hydrogen-bond acceptors (Lipinski definition) is 7. The summed E-state index contributed by atoms with van der Waals surface area (Å²) in [6.07, 6.45) is -0.942. The maximum Gasteiger partial charge on any atom is 0.372 e. The molecule has 2 N–H and O–H groups in total. The van der Waals surface area contributed by atoms with Crippen molar-refractivity contribution in [2.45, 2.75) is 13.0 Å². The molecule has 10 heteroatoms. The highest BCUT2D eigenvalue weighted by molar-refractivity contribution is 7.20. The summed E-state index contributed by atoms with van der Waals surface area (Å²) in [5.41, 5.74) is 5.80. The zero-order valence-corrected chi connectivity index (χ0v) is 16.5. The smallest absolute Gasteiger partial charge is 0.372 e. The fourth-order valence-electron chi connectivity index (χ4n) is 2.11. The topological polar surface area (TPSA) is 104 Å². The molecule has 3 rings (SSSR count). The van der Waals surface area contributed by atoms with Crippen LogP contribution in [0.5, 0.6) is 16.7 Å². The van der Waals surface area contributed by atoms with Crippen LogP contribution in [0.1, 0.15) is 6.92 Å². The van der Waals surface area contributed by atoms with Crippen LogP contribution < -0.4 is 15.2 Å². The molecule has 146 valence electrons. The predicted molar refractivity (Wildman–Crippen MR) is 105 cm³/mol. The van der Waals surface area contributed by atoms with Gasteiger partial charge in [-0.05, 0) is 49.4 Å². The number of rotatable bonds is 5. The van der Waals surface area contributed by atoms with Gasteiger partial charge in [-0.3, -0.25) is 0 Å². The van der Waals surface area contributed by atoms with E-state index >= 15 is 0 Å². The van der Waals surface area contributed by atoms with E-state index in [2.05, 4.69) is 4.98 Å². The quantitative estimate of drug-likeness (QED) is 0.625. The molecule has 0 aliphatic carbocycles. The van der Waals surface area contributed by atoms with Crippen LogP contribution in [0, 0.1) is 0 Å². The summed E-state index contributed by atoms with van der Waals surface area (Å²) in [6.45, 7) is 1.49. The number of carbonyl (C=O) groups is 2. The Kier molecular flexibility index (Phi) is 5.86. The zero-order valence-electron chi connectivity index (χ0n) is 14.9. The number of hydrogen-bond donors (Lipinski definition) is 1. The zero-order chi connectivity index (χ0) is 20.3. The maximum atomic E-state index is 11.8. The third-order valence-electron chi connectivity index (χ3n) is 3.54. The van der Waals surface area contributed by atoms with Crippen molar-refractivity contribution < 1.29 is 23.9 Å². The molecule has 1 unspecified atom stereocenters. The van der Waals surface area contributed by atoms with E-state index < -0.39 is 18.1 Å². The molecule has 1 atom stereocenters. The molecule has 28 heavy (non-hydrogen) atoms. The Labute approximate surface area is 169 Å². The molecular formula is C18H16ClN3O5S. The Hall–Kier alpha value is -3.04. The van der Waals surface area contributed by atoms with Gasteiger partial charge in [-0.1, -0.05) is 22.9 Å². The van der Waals surface area contributed by atoms with Crippen LogP contribution in [0.3, 0.4) is 0 Å². The normalized spacial score (nSPS) is 11.7. The second-order valence-corrected chi connectivity index (χ2v) is 7.10. The fraction of sp³-hybridized carbons (Fsp3) is 0.167. The van der Waals surface area contributed by atoms with Crippen LogP contribution >= 0.6 is 22.9 Å². The molecule has 0 fully saturated rings. The van der Waals surface area contributed by atoms with Crippen LogP contribution in [0.2, 0.25) is 5.02 Å². The van der Waals surface area contributed by atoms with Gasteiger partial charge in [0.15, 0.2) is 6.10 Å². The first-order valence-electron chi connectivity index (χ1n) is 8.07. The lowest BCUT2D eigenvalue weighted by atomic mass is 10.3. The molecule has 0 saturated heterocycles. The van der Waals surface area contributed by atoms with Crippen LogP contribution in [0.25, 0.3) is 10.2 Å². The lowest BCUT2D eigenvalue weighted by Crippen LogP contribution is -2.38. The van der Waals surface area contributed by atoms with E-state index in [4.69, 9.17) is 31.6 Å². The number of primary amides is 1. The standard InChI is InChI=1S/C18H16ClN3O5S/c1-10(16(23)27-22(2)17(20)24)25-12-4-6-13(7-5-12)26-18-21-14-8-3-11(19)9-15(14)28-18/h3-10H,1-2H3,(H2,20,24). The first-order valence-corrected chi connectivity index (χ1v) is 9.27.